The number of hydrogen-bond acceptors (Lipinski definition) is 3. The van der Waals surface area contributed by atoms with E-state index in [-0.39, 0.29) is 0 Å². The topological polar surface area (TPSA) is 37.8 Å². The molecule has 4 heteroatoms. The molecule has 1 aromatic heterocycles. The Morgan fingerprint density at radius 2 is 2.00 bits per heavy atom. The third-order valence-electron chi connectivity index (χ3n) is 4.41. The van der Waals surface area contributed by atoms with Gasteiger partial charge in [-0.25, -0.2) is 9.97 Å². The van der Waals surface area contributed by atoms with Crippen molar-refractivity contribution in [2.75, 3.05) is 11.9 Å². The summed E-state index contributed by atoms with van der Waals surface area (Å²) in [5.74, 6) is 2.36. The summed E-state index contributed by atoms with van der Waals surface area (Å²) in [5.41, 5.74) is 0.412. The average Bonchev–Trinajstić information content (AvgIpc) is 3.21. The molecule has 2 aliphatic rings. The Morgan fingerprint density at radius 1 is 1.26 bits per heavy atom. The van der Waals surface area contributed by atoms with E-state index in [1.54, 1.807) is 0 Å². The molecule has 0 bridgehead atoms. The minimum Gasteiger partial charge on any atom is -0.369 e. The van der Waals surface area contributed by atoms with Gasteiger partial charge in [0.15, 0.2) is 0 Å². The molecule has 19 heavy (non-hydrogen) atoms. The first-order valence-corrected chi connectivity index (χ1v) is 7.81. The average molecular weight is 280 g/mol. The first kappa shape index (κ1) is 13.2. The largest absolute Gasteiger partial charge is 0.369 e. The van der Waals surface area contributed by atoms with Gasteiger partial charge in [0.1, 0.15) is 16.8 Å². The zero-order chi connectivity index (χ0) is 13.3. The maximum atomic E-state index is 6.09. The lowest BCUT2D eigenvalue weighted by Crippen LogP contribution is -2.29. The van der Waals surface area contributed by atoms with E-state index in [4.69, 9.17) is 11.6 Å². The summed E-state index contributed by atoms with van der Waals surface area (Å²) in [7, 11) is 0. The van der Waals surface area contributed by atoms with E-state index in [9.17, 15) is 0 Å². The molecule has 1 heterocycles. The highest BCUT2D eigenvalue weighted by molar-refractivity contribution is 6.29. The van der Waals surface area contributed by atoms with Crippen molar-refractivity contribution in [2.45, 2.75) is 57.8 Å². The van der Waals surface area contributed by atoms with Crippen LogP contribution in [-0.2, 0) is 0 Å². The fraction of sp³-hybridized carbons (Fsp3) is 0.733. The van der Waals surface area contributed by atoms with Crippen LogP contribution >= 0.6 is 11.6 Å². The third-order valence-corrected chi connectivity index (χ3v) is 4.61. The summed E-state index contributed by atoms with van der Waals surface area (Å²) < 4.78 is 0. The second-order valence-corrected chi connectivity index (χ2v) is 6.82. The van der Waals surface area contributed by atoms with Crippen molar-refractivity contribution in [3.8, 4) is 0 Å². The summed E-state index contributed by atoms with van der Waals surface area (Å²) in [5, 5.41) is 4.05. The lowest BCUT2D eigenvalue weighted by Gasteiger charge is -2.33. The van der Waals surface area contributed by atoms with Gasteiger partial charge in [-0.3, -0.25) is 0 Å². The Labute approximate surface area is 120 Å². The molecule has 2 aliphatic carbocycles. The maximum Gasteiger partial charge on any atom is 0.135 e. The number of hydrogen-bond donors (Lipinski definition) is 1. The number of anilines is 1. The standard InChI is InChI=1S/C15H22ClN3/c1-15(7-3-2-4-8-15)10-17-13-9-12(16)18-14(19-13)11-5-6-11/h9,11H,2-8,10H2,1H3,(H,17,18,19). The Balaban J connectivity index is 1.65. The minimum atomic E-state index is 0.412. The van der Waals surface area contributed by atoms with Crippen LogP contribution in [0.2, 0.25) is 5.15 Å². The van der Waals surface area contributed by atoms with Crippen LogP contribution in [0.3, 0.4) is 0 Å². The number of nitrogens with one attached hydrogen (secondary N) is 1. The van der Waals surface area contributed by atoms with E-state index < -0.39 is 0 Å². The molecule has 0 atom stereocenters. The molecule has 0 radical (unpaired) electrons. The molecule has 0 aromatic carbocycles. The molecule has 0 spiro atoms. The molecule has 0 saturated heterocycles. The summed E-state index contributed by atoms with van der Waals surface area (Å²) >= 11 is 6.09. The third kappa shape index (κ3) is 3.38. The van der Waals surface area contributed by atoms with Gasteiger partial charge in [-0.2, -0.15) is 0 Å². The maximum absolute atomic E-state index is 6.09. The highest BCUT2D eigenvalue weighted by atomic mass is 35.5. The molecular weight excluding hydrogens is 258 g/mol. The predicted molar refractivity (Wildman–Crippen MR) is 78.7 cm³/mol. The molecule has 2 fully saturated rings. The van der Waals surface area contributed by atoms with E-state index >= 15 is 0 Å². The van der Waals surface area contributed by atoms with Crippen LogP contribution in [0.15, 0.2) is 6.07 Å². The normalized spacial score (nSPS) is 22.2. The molecule has 0 amide bonds. The smallest absolute Gasteiger partial charge is 0.135 e. The van der Waals surface area contributed by atoms with E-state index in [1.165, 1.54) is 44.9 Å². The lowest BCUT2D eigenvalue weighted by molar-refractivity contribution is 0.233. The van der Waals surface area contributed by atoms with Crippen LogP contribution in [-0.4, -0.2) is 16.5 Å². The highest BCUT2D eigenvalue weighted by Gasteiger charge is 2.28. The molecule has 0 aliphatic heterocycles. The zero-order valence-electron chi connectivity index (χ0n) is 11.6. The van der Waals surface area contributed by atoms with Crippen LogP contribution in [0.4, 0.5) is 5.82 Å². The van der Waals surface area contributed by atoms with Crippen LogP contribution in [0, 0.1) is 5.41 Å². The monoisotopic (exact) mass is 279 g/mol. The predicted octanol–water partition coefficient (Wildman–Crippen LogP) is 4.39. The van der Waals surface area contributed by atoms with Gasteiger partial charge in [-0.15, -0.1) is 0 Å². The number of nitrogens with zero attached hydrogens (tertiary/aromatic N) is 2. The van der Waals surface area contributed by atoms with Gasteiger partial charge in [-0.1, -0.05) is 37.8 Å². The first-order valence-electron chi connectivity index (χ1n) is 7.43. The quantitative estimate of drug-likeness (QED) is 0.831. The molecule has 104 valence electrons. The molecule has 3 rings (SSSR count). The summed E-state index contributed by atoms with van der Waals surface area (Å²) in [6.45, 7) is 3.37. The van der Waals surface area contributed by atoms with Crippen LogP contribution in [0.5, 0.6) is 0 Å². The molecular formula is C15H22ClN3. The SMILES string of the molecule is CC1(CNc2cc(Cl)nc(C3CC3)n2)CCCCC1. The van der Waals surface area contributed by atoms with E-state index in [0.29, 0.717) is 16.5 Å². The summed E-state index contributed by atoms with van der Waals surface area (Å²) in [6.07, 6.45) is 9.14. The van der Waals surface area contributed by atoms with Crippen molar-refractivity contribution in [3.05, 3.63) is 17.0 Å². The van der Waals surface area contributed by atoms with Crippen molar-refractivity contribution < 1.29 is 0 Å². The van der Waals surface area contributed by atoms with E-state index in [1.807, 2.05) is 6.07 Å². The number of halogens is 1. The fourth-order valence-electron chi connectivity index (χ4n) is 2.94. The van der Waals surface area contributed by atoms with Gasteiger partial charge in [0.05, 0.1) is 0 Å². The van der Waals surface area contributed by atoms with Crippen molar-refractivity contribution >= 4 is 17.4 Å². The van der Waals surface area contributed by atoms with E-state index in [2.05, 4.69) is 22.2 Å². The van der Waals surface area contributed by atoms with Crippen molar-refractivity contribution in [3.63, 3.8) is 0 Å². The summed E-state index contributed by atoms with van der Waals surface area (Å²) in [6, 6.07) is 1.85. The Kier molecular flexibility index (Phi) is 3.66. The van der Waals surface area contributed by atoms with Crippen LogP contribution in [0.25, 0.3) is 0 Å². The van der Waals surface area contributed by atoms with Crippen molar-refractivity contribution in [1.82, 2.24) is 9.97 Å². The van der Waals surface area contributed by atoms with Gasteiger partial charge in [0.2, 0.25) is 0 Å². The lowest BCUT2D eigenvalue weighted by atomic mass is 9.76. The molecule has 0 unspecified atom stereocenters. The van der Waals surface area contributed by atoms with Gasteiger partial charge >= 0.3 is 0 Å². The first-order chi connectivity index (χ1) is 9.15. The zero-order valence-corrected chi connectivity index (χ0v) is 12.3. The molecule has 1 N–H and O–H groups in total. The van der Waals surface area contributed by atoms with Gasteiger partial charge in [0.25, 0.3) is 0 Å². The molecule has 3 nitrogen and oxygen atoms in total. The Hall–Kier alpha value is -0.830. The van der Waals surface area contributed by atoms with Crippen molar-refractivity contribution in [2.24, 2.45) is 5.41 Å². The van der Waals surface area contributed by atoms with Crippen LogP contribution in [0.1, 0.15) is 63.6 Å². The molecule has 1 aromatic rings. The highest BCUT2D eigenvalue weighted by Crippen LogP contribution is 2.39. The van der Waals surface area contributed by atoms with Gasteiger partial charge in [-0.05, 0) is 31.1 Å². The second-order valence-electron chi connectivity index (χ2n) is 6.43. The number of aromatic nitrogens is 2. The van der Waals surface area contributed by atoms with E-state index in [0.717, 1.165) is 18.2 Å². The van der Waals surface area contributed by atoms with Crippen molar-refractivity contribution in [1.29, 1.82) is 0 Å². The molecule has 2 saturated carbocycles. The number of rotatable bonds is 4. The van der Waals surface area contributed by atoms with Gasteiger partial charge < -0.3 is 5.32 Å². The second kappa shape index (κ2) is 5.28. The van der Waals surface area contributed by atoms with Crippen LogP contribution < -0.4 is 5.32 Å². The Bertz CT molecular complexity index is 451. The minimum absolute atomic E-state index is 0.412. The Morgan fingerprint density at radius 3 is 2.68 bits per heavy atom. The van der Waals surface area contributed by atoms with Gasteiger partial charge in [0, 0.05) is 18.5 Å². The summed E-state index contributed by atoms with van der Waals surface area (Å²) in [4.78, 5) is 8.93. The fourth-order valence-corrected chi connectivity index (χ4v) is 3.13.